The highest BCUT2D eigenvalue weighted by Gasteiger charge is 2.25. The van der Waals surface area contributed by atoms with Gasteiger partial charge in [0, 0.05) is 11.3 Å². The summed E-state index contributed by atoms with van der Waals surface area (Å²) in [6.07, 6.45) is 2.32. The van der Waals surface area contributed by atoms with Gasteiger partial charge in [0.25, 0.3) is 0 Å². The van der Waals surface area contributed by atoms with Crippen LogP contribution in [-0.4, -0.2) is 43.9 Å². The second kappa shape index (κ2) is 12.5. The first-order valence-corrected chi connectivity index (χ1v) is 16.0. The van der Waals surface area contributed by atoms with Gasteiger partial charge in [-0.1, -0.05) is 40.2 Å². The predicted molar refractivity (Wildman–Crippen MR) is 158 cm³/mol. The van der Waals surface area contributed by atoms with Gasteiger partial charge >= 0.3 is 6.09 Å². The largest absolute Gasteiger partial charge is 0.444 e. The first-order valence-electron chi connectivity index (χ1n) is 11.4. The summed E-state index contributed by atoms with van der Waals surface area (Å²) in [5, 5.41) is 5.84. The van der Waals surface area contributed by atoms with Crippen molar-refractivity contribution in [2.45, 2.75) is 47.3 Å². The third kappa shape index (κ3) is 7.46. The number of halogens is 1. The van der Waals surface area contributed by atoms with E-state index in [0.29, 0.717) is 20.5 Å². The van der Waals surface area contributed by atoms with Crippen LogP contribution < -0.4 is 10.6 Å². The highest BCUT2D eigenvalue weighted by Crippen LogP contribution is 2.41. The van der Waals surface area contributed by atoms with E-state index in [2.05, 4.69) is 31.6 Å². The molecule has 202 valence electrons. The third-order valence-electron chi connectivity index (χ3n) is 5.00. The van der Waals surface area contributed by atoms with E-state index in [9.17, 15) is 18.0 Å². The molecule has 0 atom stereocenters. The number of carbonyl (C=O) groups excluding carboxylic acids is 2. The maximum Gasteiger partial charge on any atom is 0.412 e. The van der Waals surface area contributed by atoms with Crippen molar-refractivity contribution in [2.75, 3.05) is 16.9 Å². The number of hydrogen-bond donors (Lipinski definition) is 2. The van der Waals surface area contributed by atoms with Crippen LogP contribution in [0.2, 0.25) is 0 Å². The number of thioether (sulfide) groups is 1. The van der Waals surface area contributed by atoms with Crippen molar-refractivity contribution in [3.05, 3.63) is 54.1 Å². The molecule has 1 heterocycles. The minimum Gasteiger partial charge on any atom is -0.444 e. The first-order chi connectivity index (χ1) is 17.9. The molecule has 0 saturated heterocycles. The molecule has 8 nitrogen and oxygen atoms in total. The fourth-order valence-electron chi connectivity index (χ4n) is 3.48. The van der Waals surface area contributed by atoms with E-state index < -0.39 is 21.5 Å². The van der Waals surface area contributed by atoms with Crippen molar-refractivity contribution in [1.29, 1.82) is 0 Å². The molecule has 12 heteroatoms. The topological polar surface area (TPSA) is 114 Å². The zero-order valence-corrected chi connectivity index (χ0v) is 25.5. The number of alkyl halides is 1. The van der Waals surface area contributed by atoms with Gasteiger partial charge in [0.2, 0.25) is 15.7 Å². The summed E-state index contributed by atoms with van der Waals surface area (Å²) in [7, 11) is -3.90. The van der Waals surface area contributed by atoms with Gasteiger partial charge in [-0.3, -0.25) is 10.1 Å². The van der Waals surface area contributed by atoms with Crippen molar-refractivity contribution in [3.8, 4) is 11.1 Å². The van der Waals surface area contributed by atoms with E-state index in [4.69, 9.17) is 4.74 Å². The predicted octanol–water partition coefficient (Wildman–Crippen LogP) is 6.80. The lowest BCUT2D eigenvalue weighted by Gasteiger charge is -2.18. The number of nitrogens with one attached hydrogen (secondary N) is 2. The van der Waals surface area contributed by atoms with Crippen LogP contribution >= 0.6 is 39.0 Å². The highest BCUT2D eigenvalue weighted by atomic mass is 79.9. The summed E-state index contributed by atoms with van der Waals surface area (Å²) in [5.74, 6) is -0.210. The molecule has 0 unspecified atom stereocenters. The smallest absolute Gasteiger partial charge is 0.412 e. The van der Waals surface area contributed by atoms with Crippen LogP contribution in [0, 0.1) is 6.92 Å². The SMILES string of the molecule is CSc1sc(N=CNC(=O)OC(C)(C)C)cc1S(=O)(=O)c1cccc(-c2c(C)cccc2NC(=O)CBr)c1. The second-order valence-electron chi connectivity index (χ2n) is 9.06. The summed E-state index contributed by atoms with van der Waals surface area (Å²) >= 11 is 5.66. The molecule has 0 fully saturated rings. The Morgan fingerprint density at radius 3 is 2.53 bits per heavy atom. The lowest BCUT2D eigenvalue weighted by molar-refractivity contribution is -0.113. The number of anilines is 1. The zero-order chi connectivity index (χ0) is 28.1. The van der Waals surface area contributed by atoms with E-state index >= 15 is 0 Å². The minimum atomic E-state index is -3.90. The first kappa shape index (κ1) is 29.9. The van der Waals surface area contributed by atoms with Crippen molar-refractivity contribution >= 4 is 77.9 Å². The van der Waals surface area contributed by atoms with Crippen molar-refractivity contribution in [3.63, 3.8) is 0 Å². The Kier molecular flexibility index (Phi) is 9.80. The molecule has 0 radical (unpaired) electrons. The van der Waals surface area contributed by atoms with Crippen LogP contribution in [0.5, 0.6) is 0 Å². The summed E-state index contributed by atoms with van der Waals surface area (Å²) in [5.41, 5.74) is 2.24. The van der Waals surface area contributed by atoms with E-state index in [1.807, 2.05) is 25.1 Å². The van der Waals surface area contributed by atoms with Gasteiger partial charge in [0.15, 0.2) is 0 Å². The summed E-state index contributed by atoms with van der Waals surface area (Å²) in [4.78, 5) is 28.3. The number of nitrogens with zero attached hydrogens (tertiary/aromatic N) is 1. The number of thiophene rings is 1. The van der Waals surface area contributed by atoms with Gasteiger partial charge in [-0.2, -0.15) is 0 Å². The molecule has 38 heavy (non-hydrogen) atoms. The molecule has 2 amide bonds. The molecule has 0 spiro atoms. The summed E-state index contributed by atoms with van der Waals surface area (Å²) in [6, 6.07) is 13.6. The number of hydrogen-bond acceptors (Lipinski definition) is 8. The van der Waals surface area contributed by atoms with Crippen molar-refractivity contribution < 1.29 is 22.7 Å². The Bertz CT molecular complexity index is 1480. The number of benzene rings is 2. The Labute approximate surface area is 239 Å². The molecule has 2 aromatic carbocycles. The Balaban J connectivity index is 1.95. The molecule has 0 bridgehead atoms. The standard InChI is InChI=1S/C26H28BrN3O5S3/c1-16-8-6-11-19(30-21(31)14-27)23(16)17-9-7-10-18(12-17)38(33,34)20-13-22(37-24(20)36-5)28-15-29-25(32)35-26(2,3)4/h6-13,15H,14H2,1-5H3,(H,30,31)(H,28,29,32). The van der Waals surface area contributed by atoms with Crippen LogP contribution in [0.25, 0.3) is 11.1 Å². The van der Waals surface area contributed by atoms with E-state index in [-0.39, 0.29) is 21.0 Å². The van der Waals surface area contributed by atoms with Crippen LogP contribution in [0.1, 0.15) is 26.3 Å². The highest BCUT2D eigenvalue weighted by molar-refractivity contribution is 9.09. The minimum absolute atomic E-state index is 0.117. The number of ether oxygens (including phenoxy) is 1. The fourth-order valence-corrected chi connectivity index (χ4v) is 7.49. The normalized spacial score (nSPS) is 11.9. The third-order valence-corrected chi connectivity index (χ3v) is 9.72. The van der Waals surface area contributed by atoms with Gasteiger partial charge in [-0.05, 0) is 69.3 Å². The van der Waals surface area contributed by atoms with E-state index in [0.717, 1.165) is 11.1 Å². The van der Waals surface area contributed by atoms with Gasteiger partial charge in [0.1, 0.15) is 10.6 Å². The van der Waals surface area contributed by atoms with Crippen LogP contribution in [0.15, 0.2) is 67.5 Å². The maximum absolute atomic E-state index is 13.7. The molecule has 3 aromatic rings. The molecular formula is C26H28BrN3O5S3. The monoisotopic (exact) mass is 637 g/mol. The molecule has 2 N–H and O–H groups in total. The van der Waals surface area contributed by atoms with E-state index in [1.54, 1.807) is 51.3 Å². The fraction of sp³-hybridized carbons (Fsp3) is 0.269. The zero-order valence-electron chi connectivity index (χ0n) is 21.5. The molecule has 3 rings (SSSR count). The number of aliphatic imine (C=N–C) groups is 1. The maximum atomic E-state index is 13.7. The Morgan fingerprint density at radius 2 is 1.87 bits per heavy atom. The lowest BCUT2D eigenvalue weighted by Crippen LogP contribution is -2.31. The Morgan fingerprint density at radius 1 is 1.16 bits per heavy atom. The van der Waals surface area contributed by atoms with Crippen LogP contribution in [0.3, 0.4) is 0 Å². The number of carbonyl (C=O) groups is 2. The van der Waals surface area contributed by atoms with Crippen LogP contribution in [0.4, 0.5) is 15.5 Å². The number of alkyl carbamates (subject to hydrolysis) is 1. The average Bonchev–Trinajstić information content (AvgIpc) is 3.27. The van der Waals surface area contributed by atoms with E-state index in [1.165, 1.54) is 35.5 Å². The Hall–Kier alpha value is -2.67. The molecule has 1 aromatic heterocycles. The van der Waals surface area contributed by atoms with Crippen molar-refractivity contribution in [2.24, 2.45) is 4.99 Å². The molecule has 0 aliphatic rings. The number of aryl methyl sites for hydroxylation is 1. The van der Waals surface area contributed by atoms with Crippen molar-refractivity contribution in [1.82, 2.24) is 5.32 Å². The molecule has 0 aliphatic carbocycles. The van der Waals surface area contributed by atoms with Gasteiger partial charge in [0.05, 0.1) is 25.7 Å². The van der Waals surface area contributed by atoms with Gasteiger partial charge in [-0.25, -0.2) is 18.2 Å². The molecule has 0 aliphatic heterocycles. The number of sulfone groups is 1. The van der Waals surface area contributed by atoms with Gasteiger partial charge < -0.3 is 10.1 Å². The number of amides is 2. The quantitative estimate of drug-likeness (QED) is 0.122. The second-order valence-corrected chi connectivity index (χ2v) is 13.6. The molecule has 0 saturated carbocycles. The lowest BCUT2D eigenvalue weighted by atomic mass is 9.98. The van der Waals surface area contributed by atoms with Crippen LogP contribution in [-0.2, 0) is 19.4 Å². The van der Waals surface area contributed by atoms with Gasteiger partial charge in [-0.15, -0.1) is 23.1 Å². The summed E-state index contributed by atoms with van der Waals surface area (Å²) in [6.45, 7) is 7.15. The molecular weight excluding hydrogens is 610 g/mol. The summed E-state index contributed by atoms with van der Waals surface area (Å²) < 4.78 is 33.2. The average molecular weight is 639 g/mol. The number of rotatable bonds is 8.